The van der Waals surface area contributed by atoms with Gasteiger partial charge in [0.15, 0.2) is 0 Å². The van der Waals surface area contributed by atoms with E-state index in [0.717, 1.165) is 0 Å². The second kappa shape index (κ2) is 4.74. The third kappa shape index (κ3) is 2.12. The summed E-state index contributed by atoms with van der Waals surface area (Å²) in [6.07, 6.45) is 0. The molecule has 0 spiro atoms. The van der Waals surface area contributed by atoms with E-state index in [1.165, 1.54) is 23.5 Å². The summed E-state index contributed by atoms with van der Waals surface area (Å²) in [6.45, 7) is 0. The van der Waals surface area contributed by atoms with E-state index in [0.29, 0.717) is 22.0 Å². The molecule has 0 radical (unpaired) electrons. The smallest absolute Gasteiger partial charge is 0.270 e. The molecule has 0 aliphatic rings. The monoisotopic (exact) mass is 288 g/mol. The highest BCUT2D eigenvalue weighted by Crippen LogP contribution is 2.31. The lowest BCUT2D eigenvalue weighted by Crippen LogP contribution is -1.89. The average Bonchev–Trinajstić information content (AvgIpc) is 3.07. The number of nitrogen functional groups attached to an aromatic ring is 1. The van der Waals surface area contributed by atoms with Crippen molar-refractivity contribution in [1.82, 2.24) is 10.1 Å². The molecule has 1 aromatic carbocycles. The zero-order valence-electron chi connectivity index (χ0n) is 10.0. The molecule has 3 rings (SSSR count). The lowest BCUT2D eigenvalue weighted by atomic mass is 10.2. The number of thiophene rings is 1. The summed E-state index contributed by atoms with van der Waals surface area (Å²) in [5.74, 6) is 0.593. The molecule has 20 heavy (non-hydrogen) atoms. The molecule has 0 amide bonds. The Kier molecular flexibility index (Phi) is 2.92. The van der Waals surface area contributed by atoms with Crippen molar-refractivity contribution in [2.45, 2.75) is 0 Å². The van der Waals surface area contributed by atoms with Crippen LogP contribution in [-0.4, -0.2) is 15.1 Å². The first-order valence-corrected chi connectivity index (χ1v) is 6.45. The minimum atomic E-state index is -0.470. The quantitative estimate of drug-likeness (QED) is 0.586. The number of non-ortho nitro benzene ring substituents is 1. The van der Waals surface area contributed by atoms with E-state index < -0.39 is 4.92 Å². The summed E-state index contributed by atoms with van der Waals surface area (Å²) in [6, 6.07) is 7.80. The minimum absolute atomic E-state index is 0.0236. The van der Waals surface area contributed by atoms with Crippen molar-refractivity contribution in [3.8, 4) is 22.2 Å². The maximum atomic E-state index is 10.7. The first-order valence-electron chi connectivity index (χ1n) is 5.57. The molecular formula is C12H8N4O3S. The van der Waals surface area contributed by atoms with Gasteiger partial charge in [-0.3, -0.25) is 10.1 Å². The number of hydrogen-bond acceptors (Lipinski definition) is 7. The van der Waals surface area contributed by atoms with Gasteiger partial charge >= 0.3 is 0 Å². The number of benzene rings is 1. The summed E-state index contributed by atoms with van der Waals surface area (Å²) in [7, 11) is 0. The van der Waals surface area contributed by atoms with Gasteiger partial charge in [-0.25, -0.2) is 0 Å². The molecule has 8 heteroatoms. The van der Waals surface area contributed by atoms with Gasteiger partial charge in [0, 0.05) is 17.7 Å². The van der Waals surface area contributed by atoms with Gasteiger partial charge in [0.1, 0.15) is 4.88 Å². The van der Waals surface area contributed by atoms with E-state index >= 15 is 0 Å². The molecule has 0 saturated carbocycles. The highest BCUT2D eigenvalue weighted by Gasteiger charge is 2.15. The number of anilines is 1. The predicted molar refractivity (Wildman–Crippen MR) is 74.1 cm³/mol. The molecule has 0 saturated heterocycles. The second-order valence-corrected chi connectivity index (χ2v) is 4.85. The van der Waals surface area contributed by atoms with E-state index in [4.69, 9.17) is 10.3 Å². The Morgan fingerprint density at radius 3 is 2.90 bits per heavy atom. The number of hydrogen-bond donors (Lipinski definition) is 1. The van der Waals surface area contributed by atoms with Crippen LogP contribution in [0.1, 0.15) is 0 Å². The highest BCUT2D eigenvalue weighted by atomic mass is 32.1. The molecule has 0 fully saturated rings. The molecule has 0 bridgehead atoms. The zero-order valence-corrected chi connectivity index (χ0v) is 10.8. The van der Waals surface area contributed by atoms with E-state index in [9.17, 15) is 10.1 Å². The number of nitro benzene ring substituents is 1. The Balaban J connectivity index is 2.00. The van der Waals surface area contributed by atoms with Gasteiger partial charge in [0.05, 0.1) is 10.6 Å². The number of aromatic nitrogens is 2. The standard InChI is InChI=1S/C12H8N4O3S/c13-9-4-5-20-10(9)12-14-11(15-19-12)7-2-1-3-8(6-7)16(17)18/h1-6H,13H2. The molecule has 0 aliphatic heterocycles. The first-order chi connectivity index (χ1) is 9.65. The van der Waals surface area contributed by atoms with Crippen LogP contribution in [0.5, 0.6) is 0 Å². The summed E-state index contributed by atoms with van der Waals surface area (Å²) < 4.78 is 5.14. The Bertz CT molecular complexity index is 780. The number of rotatable bonds is 3. The van der Waals surface area contributed by atoms with Crippen LogP contribution in [-0.2, 0) is 0 Å². The largest absolute Gasteiger partial charge is 0.397 e. The fraction of sp³-hybridized carbons (Fsp3) is 0. The Morgan fingerprint density at radius 1 is 1.35 bits per heavy atom. The summed E-state index contributed by atoms with van der Waals surface area (Å²) >= 11 is 1.39. The van der Waals surface area contributed by atoms with Gasteiger partial charge in [-0.05, 0) is 11.4 Å². The second-order valence-electron chi connectivity index (χ2n) is 3.94. The van der Waals surface area contributed by atoms with Crippen molar-refractivity contribution in [3.05, 3.63) is 45.8 Å². The zero-order chi connectivity index (χ0) is 14.1. The molecule has 7 nitrogen and oxygen atoms in total. The van der Waals surface area contributed by atoms with Gasteiger partial charge < -0.3 is 10.3 Å². The van der Waals surface area contributed by atoms with Crippen LogP contribution in [0.15, 0.2) is 40.2 Å². The molecular weight excluding hydrogens is 280 g/mol. The van der Waals surface area contributed by atoms with Crippen molar-refractivity contribution in [2.75, 3.05) is 5.73 Å². The topological polar surface area (TPSA) is 108 Å². The third-order valence-corrected chi connectivity index (χ3v) is 3.55. The van der Waals surface area contributed by atoms with Gasteiger partial charge in [-0.2, -0.15) is 4.98 Å². The highest BCUT2D eigenvalue weighted by molar-refractivity contribution is 7.14. The van der Waals surface area contributed by atoms with Crippen molar-refractivity contribution in [2.24, 2.45) is 0 Å². The molecule has 0 aliphatic carbocycles. The SMILES string of the molecule is Nc1ccsc1-c1nc(-c2cccc([N+](=O)[O-])c2)no1. The van der Waals surface area contributed by atoms with E-state index in [2.05, 4.69) is 10.1 Å². The van der Waals surface area contributed by atoms with Crippen LogP contribution in [0.25, 0.3) is 22.2 Å². The Morgan fingerprint density at radius 2 is 2.20 bits per heavy atom. The Labute approximate surface area is 116 Å². The molecule has 100 valence electrons. The van der Waals surface area contributed by atoms with E-state index in [1.54, 1.807) is 18.2 Å². The summed E-state index contributed by atoms with van der Waals surface area (Å²) in [5.41, 5.74) is 6.83. The van der Waals surface area contributed by atoms with Gasteiger partial charge in [-0.15, -0.1) is 11.3 Å². The van der Waals surface area contributed by atoms with Crippen LogP contribution in [0, 0.1) is 10.1 Å². The maximum Gasteiger partial charge on any atom is 0.270 e. The third-order valence-electron chi connectivity index (χ3n) is 2.63. The predicted octanol–water partition coefficient (Wildman–Crippen LogP) is 2.96. The van der Waals surface area contributed by atoms with Crippen molar-refractivity contribution in [1.29, 1.82) is 0 Å². The normalized spacial score (nSPS) is 10.6. The Hall–Kier alpha value is -2.74. The number of nitrogens with two attached hydrogens (primary N) is 1. The molecule has 2 N–H and O–H groups in total. The summed E-state index contributed by atoms with van der Waals surface area (Å²) in [4.78, 5) is 15.2. The van der Waals surface area contributed by atoms with Crippen molar-refractivity contribution >= 4 is 22.7 Å². The van der Waals surface area contributed by atoms with Crippen LogP contribution in [0.3, 0.4) is 0 Å². The van der Waals surface area contributed by atoms with Crippen molar-refractivity contribution in [3.63, 3.8) is 0 Å². The minimum Gasteiger partial charge on any atom is -0.397 e. The maximum absolute atomic E-state index is 10.7. The molecule has 0 unspecified atom stereocenters. The number of nitrogens with zero attached hydrogens (tertiary/aromatic N) is 3. The van der Waals surface area contributed by atoms with Crippen LogP contribution < -0.4 is 5.73 Å². The lowest BCUT2D eigenvalue weighted by molar-refractivity contribution is -0.384. The van der Waals surface area contributed by atoms with Gasteiger partial charge in [-0.1, -0.05) is 17.3 Å². The van der Waals surface area contributed by atoms with Gasteiger partial charge in [0.25, 0.3) is 11.6 Å². The molecule has 2 aromatic heterocycles. The van der Waals surface area contributed by atoms with E-state index in [1.807, 2.05) is 5.38 Å². The fourth-order valence-electron chi connectivity index (χ4n) is 1.68. The first kappa shape index (κ1) is 12.3. The van der Waals surface area contributed by atoms with Crippen LogP contribution >= 0.6 is 11.3 Å². The molecule has 2 heterocycles. The lowest BCUT2D eigenvalue weighted by Gasteiger charge is -1.94. The van der Waals surface area contributed by atoms with E-state index in [-0.39, 0.29) is 11.5 Å². The van der Waals surface area contributed by atoms with Crippen LogP contribution in [0.4, 0.5) is 11.4 Å². The average molecular weight is 288 g/mol. The number of nitro groups is 1. The van der Waals surface area contributed by atoms with Crippen molar-refractivity contribution < 1.29 is 9.45 Å². The fourth-order valence-corrected chi connectivity index (χ4v) is 2.42. The van der Waals surface area contributed by atoms with Crippen LogP contribution in [0.2, 0.25) is 0 Å². The molecule has 3 aromatic rings. The van der Waals surface area contributed by atoms with Gasteiger partial charge in [0.2, 0.25) is 5.82 Å². The summed E-state index contributed by atoms with van der Waals surface area (Å²) in [5, 5.41) is 16.4. The molecule has 0 atom stereocenters.